The average molecular weight is 813 g/mol. The quantitative estimate of drug-likeness (QED) is 0.153. The van der Waals surface area contributed by atoms with Crippen LogP contribution >= 0.6 is 7.14 Å². The van der Waals surface area contributed by atoms with Crippen molar-refractivity contribution in [3.8, 4) is 66.8 Å². The van der Waals surface area contributed by atoms with Crippen molar-refractivity contribution >= 4 is 23.1 Å². The molecule has 0 heterocycles. The molecule has 0 fully saturated rings. The lowest BCUT2D eigenvalue weighted by Crippen LogP contribution is -2.34. The van der Waals surface area contributed by atoms with Crippen LogP contribution in [0.4, 0.5) is 0 Å². The zero-order valence-electron chi connectivity index (χ0n) is 35.3. The van der Waals surface area contributed by atoms with Gasteiger partial charge < -0.3 is 4.57 Å². The molecule has 62 heavy (non-hydrogen) atoms. The first-order valence-corrected chi connectivity index (χ1v) is 23.6. The summed E-state index contributed by atoms with van der Waals surface area (Å²) in [6.45, 7) is 6.62. The van der Waals surface area contributed by atoms with Crippen molar-refractivity contribution in [2.45, 2.75) is 40.0 Å². The second-order valence-electron chi connectivity index (χ2n) is 17.5. The number of fused-ring (bicyclic) bond motifs is 9. The van der Waals surface area contributed by atoms with E-state index in [0.717, 1.165) is 49.3 Å². The fourth-order valence-corrected chi connectivity index (χ4v) is 15.3. The van der Waals surface area contributed by atoms with E-state index in [4.69, 9.17) is 0 Å². The fourth-order valence-electron chi connectivity index (χ4n) is 11.3. The van der Waals surface area contributed by atoms with E-state index in [-0.39, 0.29) is 0 Å². The summed E-state index contributed by atoms with van der Waals surface area (Å²) in [6.07, 6.45) is 2.15. The standard InChI is InChI=1S/C60H45OP/c1-37-16-4-10-22-43(37)52-31-28-49-46-25-13-7-19-40(46)34-55(49)58(52)62(61,59-53(44-23-11-5-17-38(44)2)32-29-50-47-26-14-8-20-41(47)35-56(50)59)60-54(45-24-12-6-18-39(45)3)33-30-51-48-27-15-9-21-42(48)36-57(51)60/h4-33H,34-36H2,1-3H3. The topological polar surface area (TPSA) is 17.1 Å². The summed E-state index contributed by atoms with van der Waals surface area (Å²) in [6, 6.07) is 66.5. The van der Waals surface area contributed by atoms with Crippen LogP contribution in [-0.2, 0) is 23.8 Å². The molecule has 296 valence electrons. The van der Waals surface area contributed by atoms with E-state index in [9.17, 15) is 0 Å². The monoisotopic (exact) mass is 812 g/mol. The van der Waals surface area contributed by atoms with Gasteiger partial charge in [0.15, 0.2) is 7.14 Å². The van der Waals surface area contributed by atoms with E-state index in [1.165, 1.54) is 83.5 Å². The van der Waals surface area contributed by atoms with Gasteiger partial charge in [0, 0.05) is 15.9 Å². The van der Waals surface area contributed by atoms with Gasteiger partial charge >= 0.3 is 0 Å². The summed E-state index contributed by atoms with van der Waals surface area (Å²) in [5.41, 5.74) is 24.8. The van der Waals surface area contributed by atoms with Crippen LogP contribution in [0.1, 0.15) is 50.1 Å². The van der Waals surface area contributed by atoms with E-state index in [1.807, 2.05) is 0 Å². The van der Waals surface area contributed by atoms with E-state index in [0.29, 0.717) is 19.3 Å². The van der Waals surface area contributed by atoms with E-state index < -0.39 is 7.14 Å². The molecule has 0 unspecified atom stereocenters. The minimum atomic E-state index is -3.95. The van der Waals surface area contributed by atoms with Crippen molar-refractivity contribution in [1.82, 2.24) is 0 Å². The predicted molar refractivity (Wildman–Crippen MR) is 261 cm³/mol. The Bertz CT molecular complexity index is 3040. The van der Waals surface area contributed by atoms with Gasteiger partial charge in [-0.25, -0.2) is 0 Å². The van der Waals surface area contributed by atoms with Crippen LogP contribution in [0.15, 0.2) is 182 Å². The van der Waals surface area contributed by atoms with Crippen LogP contribution in [0.25, 0.3) is 66.8 Å². The van der Waals surface area contributed by atoms with Gasteiger partial charge in [-0.1, -0.05) is 182 Å². The molecule has 0 spiro atoms. The zero-order valence-corrected chi connectivity index (χ0v) is 36.2. The highest BCUT2D eigenvalue weighted by atomic mass is 31.2. The highest BCUT2D eigenvalue weighted by Crippen LogP contribution is 2.58. The van der Waals surface area contributed by atoms with Gasteiger partial charge in [-0.05, 0) is 157 Å². The van der Waals surface area contributed by atoms with Crippen LogP contribution in [0.3, 0.4) is 0 Å². The number of hydrogen-bond donors (Lipinski definition) is 0. The largest absolute Gasteiger partial charge is 0.309 e. The number of benzene rings is 9. The Balaban J connectivity index is 1.33. The van der Waals surface area contributed by atoms with Gasteiger partial charge in [0.2, 0.25) is 0 Å². The van der Waals surface area contributed by atoms with Gasteiger partial charge in [-0.3, -0.25) is 0 Å². The molecule has 0 bridgehead atoms. The van der Waals surface area contributed by atoms with Crippen molar-refractivity contribution in [3.05, 3.63) is 232 Å². The molecule has 0 radical (unpaired) electrons. The Hall–Kier alpha value is -6.79. The smallest absolute Gasteiger partial charge is 0.173 e. The van der Waals surface area contributed by atoms with Crippen LogP contribution in [0.5, 0.6) is 0 Å². The maximum atomic E-state index is 19.3. The van der Waals surface area contributed by atoms with E-state index >= 15 is 4.57 Å². The molecule has 0 saturated carbocycles. The molecule has 3 aliphatic carbocycles. The Morgan fingerprint density at radius 2 is 0.516 bits per heavy atom. The minimum Gasteiger partial charge on any atom is -0.309 e. The highest BCUT2D eigenvalue weighted by molar-refractivity contribution is 7.86. The summed E-state index contributed by atoms with van der Waals surface area (Å²) < 4.78 is 19.3. The predicted octanol–water partition coefficient (Wildman–Crippen LogP) is 14.0. The number of hydrogen-bond acceptors (Lipinski definition) is 1. The molecule has 1 nitrogen and oxygen atoms in total. The van der Waals surface area contributed by atoms with Crippen molar-refractivity contribution in [3.63, 3.8) is 0 Å². The van der Waals surface area contributed by atoms with Crippen molar-refractivity contribution in [2.75, 3.05) is 0 Å². The first kappa shape index (κ1) is 37.0. The zero-order chi connectivity index (χ0) is 41.7. The summed E-state index contributed by atoms with van der Waals surface area (Å²) in [4.78, 5) is 0. The molecule has 0 aliphatic heterocycles. The Morgan fingerprint density at radius 1 is 0.274 bits per heavy atom. The Labute approximate surface area is 364 Å². The molecular weight excluding hydrogens is 768 g/mol. The molecule has 2 heteroatoms. The van der Waals surface area contributed by atoms with Crippen LogP contribution < -0.4 is 15.9 Å². The van der Waals surface area contributed by atoms with Crippen LogP contribution in [0, 0.1) is 20.8 Å². The first-order valence-electron chi connectivity index (χ1n) is 21.9. The summed E-state index contributed by atoms with van der Waals surface area (Å²) in [5.74, 6) is 0. The van der Waals surface area contributed by atoms with Crippen LogP contribution in [0.2, 0.25) is 0 Å². The van der Waals surface area contributed by atoms with Crippen molar-refractivity contribution < 1.29 is 4.57 Å². The lowest BCUT2D eigenvalue weighted by atomic mass is 9.95. The molecule has 0 aromatic heterocycles. The van der Waals surface area contributed by atoms with Gasteiger partial charge in [-0.2, -0.15) is 0 Å². The van der Waals surface area contributed by atoms with Gasteiger partial charge in [0.05, 0.1) is 0 Å². The highest BCUT2D eigenvalue weighted by Gasteiger charge is 2.46. The molecular formula is C60H45OP. The Morgan fingerprint density at radius 3 is 0.806 bits per heavy atom. The lowest BCUT2D eigenvalue weighted by Gasteiger charge is -2.33. The molecule has 0 saturated heterocycles. The minimum absolute atomic E-state index is 0.717. The fraction of sp³-hybridized carbons (Fsp3) is 0.100. The SMILES string of the molecule is Cc1ccccc1-c1ccc2c(c1P(=O)(c1c(-c3ccccc3C)ccc3c1Cc1ccccc1-3)c1c(-c3ccccc3C)ccc3c1Cc1ccccc1-3)Cc1ccccc1-2. The molecule has 0 atom stereocenters. The van der Waals surface area contributed by atoms with Crippen molar-refractivity contribution in [1.29, 1.82) is 0 Å². The molecule has 9 aromatic carbocycles. The Kier molecular flexibility index (Phi) is 8.44. The summed E-state index contributed by atoms with van der Waals surface area (Å²) in [5, 5.41) is 2.96. The lowest BCUT2D eigenvalue weighted by molar-refractivity contribution is 0.592. The molecule has 3 aliphatic rings. The summed E-state index contributed by atoms with van der Waals surface area (Å²) in [7, 11) is -3.95. The molecule has 0 N–H and O–H groups in total. The maximum Gasteiger partial charge on any atom is 0.173 e. The molecule has 12 rings (SSSR count). The normalized spacial score (nSPS) is 13.0. The molecule has 0 amide bonds. The second kappa shape index (κ2) is 14.1. The molecule has 9 aromatic rings. The third-order valence-electron chi connectivity index (χ3n) is 14.1. The number of aryl methyl sites for hydroxylation is 3. The maximum absolute atomic E-state index is 19.3. The van der Waals surface area contributed by atoms with E-state index in [2.05, 4.69) is 203 Å². The van der Waals surface area contributed by atoms with Crippen molar-refractivity contribution in [2.24, 2.45) is 0 Å². The first-order chi connectivity index (χ1) is 30.4. The van der Waals surface area contributed by atoms with Gasteiger partial charge in [0.25, 0.3) is 0 Å². The third-order valence-corrected chi connectivity index (χ3v) is 17.5. The van der Waals surface area contributed by atoms with Gasteiger partial charge in [0.1, 0.15) is 0 Å². The third kappa shape index (κ3) is 5.38. The average Bonchev–Trinajstić information content (AvgIpc) is 4.00. The van der Waals surface area contributed by atoms with Crippen LogP contribution in [-0.4, -0.2) is 0 Å². The number of rotatable bonds is 6. The van der Waals surface area contributed by atoms with Gasteiger partial charge in [-0.15, -0.1) is 0 Å². The second-order valence-corrected chi connectivity index (χ2v) is 20.1. The van der Waals surface area contributed by atoms with E-state index in [1.54, 1.807) is 0 Å². The summed E-state index contributed by atoms with van der Waals surface area (Å²) >= 11 is 0.